The third-order valence-corrected chi connectivity index (χ3v) is 1.11. The fourth-order valence-electron chi connectivity index (χ4n) is 0.474. The Labute approximate surface area is 76.0 Å². The topological polar surface area (TPSA) is 79.2 Å². The predicted octanol–water partition coefficient (Wildman–Crippen LogP) is -0.255. The fraction of sp³-hybridized carbons (Fsp3) is 0.375. The smallest absolute Gasteiger partial charge is 0.355 e. The van der Waals surface area contributed by atoms with E-state index in [9.17, 15) is 9.59 Å². The lowest BCUT2D eigenvalue weighted by atomic mass is 10.3. The van der Waals surface area contributed by atoms with Crippen LogP contribution in [0.25, 0.3) is 0 Å². The number of likely N-dealkylation sites (N-methyl/N-ethyl adjacent to an activating group) is 1. The average molecular weight is 182 g/mol. The van der Waals surface area contributed by atoms with Crippen LogP contribution in [-0.2, 0) is 14.3 Å². The summed E-state index contributed by atoms with van der Waals surface area (Å²) in [5, 5.41) is 10.9. The van der Waals surface area contributed by atoms with Gasteiger partial charge in [-0.15, -0.1) is 0 Å². The highest BCUT2D eigenvalue weighted by Gasteiger charge is 2.12. The number of rotatable bonds is 4. The second-order valence-electron chi connectivity index (χ2n) is 2.13. The van der Waals surface area contributed by atoms with Crippen LogP contribution in [0.15, 0.2) is 12.2 Å². The number of nitrogens with one attached hydrogen (secondary N) is 1. The number of nitrogens with zero attached hydrogens (tertiary/aromatic N) is 1. The average Bonchev–Trinajstić information content (AvgIpc) is 2.13. The first-order valence-electron chi connectivity index (χ1n) is 3.66. The predicted molar refractivity (Wildman–Crippen MR) is 44.4 cm³/mol. The summed E-state index contributed by atoms with van der Waals surface area (Å²) >= 11 is 0. The standard InChI is InChI=1S/C8H10N2O3/c1-3-10-5-7(11)13-8(12)6(2)4-9/h10H,2-3,5H2,1H3. The molecule has 0 heterocycles. The van der Waals surface area contributed by atoms with E-state index in [-0.39, 0.29) is 12.1 Å². The van der Waals surface area contributed by atoms with E-state index in [0.29, 0.717) is 6.54 Å². The Hall–Kier alpha value is -1.67. The van der Waals surface area contributed by atoms with Gasteiger partial charge in [0.1, 0.15) is 11.6 Å². The van der Waals surface area contributed by atoms with Gasteiger partial charge in [0.25, 0.3) is 0 Å². The Morgan fingerprint density at radius 1 is 1.62 bits per heavy atom. The molecule has 0 aromatic rings. The van der Waals surface area contributed by atoms with Crippen molar-refractivity contribution in [3.8, 4) is 6.07 Å². The third-order valence-electron chi connectivity index (χ3n) is 1.11. The fourth-order valence-corrected chi connectivity index (χ4v) is 0.474. The van der Waals surface area contributed by atoms with Gasteiger partial charge in [-0.3, -0.25) is 4.79 Å². The number of carbonyl (C=O) groups is 2. The van der Waals surface area contributed by atoms with Crippen molar-refractivity contribution < 1.29 is 14.3 Å². The van der Waals surface area contributed by atoms with E-state index >= 15 is 0 Å². The molecule has 0 aromatic carbocycles. The molecule has 0 aromatic heterocycles. The molecule has 0 aliphatic carbocycles. The molecule has 0 atom stereocenters. The second-order valence-corrected chi connectivity index (χ2v) is 2.13. The molecule has 0 unspecified atom stereocenters. The molecule has 0 amide bonds. The summed E-state index contributed by atoms with van der Waals surface area (Å²) in [6.07, 6.45) is 0. The zero-order chi connectivity index (χ0) is 10.3. The first kappa shape index (κ1) is 11.3. The van der Waals surface area contributed by atoms with Crippen LogP contribution in [-0.4, -0.2) is 25.0 Å². The van der Waals surface area contributed by atoms with Gasteiger partial charge in [0.15, 0.2) is 0 Å². The van der Waals surface area contributed by atoms with Gasteiger partial charge < -0.3 is 10.1 Å². The lowest BCUT2D eigenvalue weighted by molar-refractivity contribution is -0.155. The maximum atomic E-state index is 10.8. The monoisotopic (exact) mass is 182 g/mol. The van der Waals surface area contributed by atoms with Crippen molar-refractivity contribution in [2.75, 3.05) is 13.1 Å². The summed E-state index contributed by atoms with van der Waals surface area (Å²) in [4.78, 5) is 21.5. The number of hydrogen-bond acceptors (Lipinski definition) is 5. The Balaban J connectivity index is 3.87. The molecule has 13 heavy (non-hydrogen) atoms. The molecule has 0 spiro atoms. The van der Waals surface area contributed by atoms with Crippen molar-refractivity contribution in [3.63, 3.8) is 0 Å². The molecule has 0 fully saturated rings. The molecule has 0 bridgehead atoms. The third kappa shape index (κ3) is 4.71. The van der Waals surface area contributed by atoms with Crippen molar-refractivity contribution in [1.29, 1.82) is 5.26 Å². The molecule has 0 aliphatic rings. The van der Waals surface area contributed by atoms with Crippen LogP contribution in [0.3, 0.4) is 0 Å². The number of nitriles is 1. The van der Waals surface area contributed by atoms with Gasteiger partial charge in [0.05, 0.1) is 6.54 Å². The van der Waals surface area contributed by atoms with Gasteiger partial charge in [0, 0.05) is 0 Å². The van der Waals surface area contributed by atoms with Crippen LogP contribution >= 0.6 is 0 Å². The molecular weight excluding hydrogens is 172 g/mol. The van der Waals surface area contributed by atoms with Crippen LogP contribution in [0.4, 0.5) is 0 Å². The molecule has 0 saturated carbocycles. The zero-order valence-corrected chi connectivity index (χ0v) is 7.29. The van der Waals surface area contributed by atoms with Gasteiger partial charge in [-0.2, -0.15) is 5.26 Å². The van der Waals surface area contributed by atoms with Crippen molar-refractivity contribution in [3.05, 3.63) is 12.2 Å². The van der Waals surface area contributed by atoms with E-state index < -0.39 is 11.9 Å². The second kappa shape index (κ2) is 5.91. The Morgan fingerprint density at radius 2 is 2.23 bits per heavy atom. The molecule has 0 radical (unpaired) electrons. The van der Waals surface area contributed by atoms with Crippen molar-refractivity contribution >= 4 is 11.9 Å². The molecule has 1 N–H and O–H groups in total. The maximum absolute atomic E-state index is 10.8. The molecule has 70 valence electrons. The molecular formula is C8H10N2O3. The Morgan fingerprint density at radius 3 is 2.69 bits per heavy atom. The van der Waals surface area contributed by atoms with Crippen molar-refractivity contribution in [2.45, 2.75) is 6.92 Å². The normalized spacial score (nSPS) is 8.62. The SMILES string of the molecule is C=C(C#N)C(=O)OC(=O)CNCC. The van der Waals surface area contributed by atoms with Crippen LogP contribution in [0.1, 0.15) is 6.92 Å². The quantitative estimate of drug-likeness (QED) is 0.280. The Kier molecular flexibility index (Phi) is 5.15. The van der Waals surface area contributed by atoms with E-state index in [2.05, 4.69) is 16.6 Å². The number of esters is 2. The van der Waals surface area contributed by atoms with Gasteiger partial charge in [-0.25, -0.2) is 4.79 Å². The lowest BCUT2D eigenvalue weighted by Gasteiger charge is -2.00. The van der Waals surface area contributed by atoms with Gasteiger partial charge in [0.2, 0.25) is 0 Å². The molecule has 5 nitrogen and oxygen atoms in total. The van der Waals surface area contributed by atoms with Crippen LogP contribution in [0.2, 0.25) is 0 Å². The Bertz CT molecular complexity index is 265. The highest BCUT2D eigenvalue weighted by Crippen LogP contribution is 1.91. The van der Waals surface area contributed by atoms with Crippen LogP contribution in [0.5, 0.6) is 0 Å². The molecule has 0 saturated heterocycles. The van der Waals surface area contributed by atoms with E-state index in [4.69, 9.17) is 5.26 Å². The van der Waals surface area contributed by atoms with Gasteiger partial charge >= 0.3 is 11.9 Å². The molecule has 5 heteroatoms. The number of carbonyl (C=O) groups excluding carboxylic acids is 2. The first-order valence-corrected chi connectivity index (χ1v) is 3.66. The van der Waals surface area contributed by atoms with Gasteiger partial charge in [-0.1, -0.05) is 13.5 Å². The largest absolute Gasteiger partial charge is 0.388 e. The zero-order valence-electron chi connectivity index (χ0n) is 7.29. The summed E-state index contributed by atoms with van der Waals surface area (Å²) < 4.78 is 4.24. The molecule has 0 aliphatic heterocycles. The minimum absolute atomic E-state index is 0.0546. The first-order chi connectivity index (χ1) is 6.11. The van der Waals surface area contributed by atoms with Crippen LogP contribution < -0.4 is 5.32 Å². The number of hydrogen-bond donors (Lipinski definition) is 1. The summed E-state index contributed by atoms with van der Waals surface area (Å²) in [5.74, 6) is -1.71. The van der Waals surface area contributed by atoms with E-state index in [1.54, 1.807) is 0 Å². The minimum atomic E-state index is -0.995. The van der Waals surface area contributed by atoms with E-state index in [1.165, 1.54) is 6.07 Å². The summed E-state index contributed by atoms with van der Waals surface area (Å²) in [6, 6.07) is 1.48. The lowest BCUT2D eigenvalue weighted by Crippen LogP contribution is -2.26. The molecule has 0 rings (SSSR count). The maximum Gasteiger partial charge on any atom is 0.355 e. The highest BCUT2D eigenvalue weighted by molar-refractivity contribution is 5.98. The van der Waals surface area contributed by atoms with E-state index in [0.717, 1.165) is 0 Å². The van der Waals surface area contributed by atoms with Crippen molar-refractivity contribution in [1.82, 2.24) is 5.32 Å². The summed E-state index contributed by atoms with van der Waals surface area (Å²) in [5.41, 5.74) is -0.384. The summed E-state index contributed by atoms with van der Waals surface area (Å²) in [6.45, 7) is 5.45. The summed E-state index contributed by atoms with van der Waals surface area (Å²) in [7, 11) is 0. The van der Waals surface area contributed by atoms with Gasteiger partial charge in [-0.05, 0) is 6.54 Å². The van der Waals surface area contributed by atoms with Crippen molar-refractivity contribution in [2.24, 2.45) is 0 Å². The highest BCUT2D eigenvalue weighted by atomic mass is 16.6. The van der Waals surface area contributed by atoms with Crippen LogP contribution in [0, 0.1) is 11.3 Å². The van der Waals surface area contributed by atoms with E-state index in [1.807, 2.05) is 6.92 Å². The number of ether oxygens (including phenoxy) is 1. The minimum Gasteiger partial charge on any atom is -0.388 e.